The second kappa shape index (κ2) is 5.31. The van der Waals surface area contributed by atoms with E-state index in [-0.39, 0.29) is 0 Å². The van der Waals surface area contributed by atoms with Crippen LogP contribution in [0.5, 0.6) is 5.75 Å². The Morgan fingerprint density at radius 1 is 1.22 bits per heavy atom. The van der Waals surface area contributed by atoms with Crippen molar-refractivity contribution < 1.29 is 13.2 Å². The largest absolute Gasteiger partial charge is 0.493 e. The third-order valence-corrected chi connectivity index (χ3v) is 5.21. The SMILES string of the molecule is CCCOc1ccc(S(=O)(=O)C(C)(C)C)cc1C. The van der Waals surface area contributed by atoms with Crippen molar-refractivity contribution in [2.75, 3.05) is 6.61 Å². The van der Waals surface area contributed by atoms with Gasteiger partial charge in [-0.15, -0.1) is 0 Å². The smallest absolute Gasteiger partial charge is 0.183 e. The quantitative estimate of drug-likeness (QED) is 0.842. The Morgan fingerprint density at radius 2 is 1.83 bits per heavy atom. The van der Waals surface area contributed by atoms with E-state index in [1.54, 1.807) is 39.0 Å². The van der Waals surface area contributed by atoms with Crippen LogP contribution in [0.15, 0.2) is 23.1 Å². The summed E-state index contributed by atoms with van der Waals surface area (Å²) in [5.74, 6) is 0.754. The van der Waals surface area contributed by atoms with Gasteiger partial charge < -0.3 is 4.74 Å². The lowest BCUT2D eigenvalue weighted by molar-refractivity contribution is 0.315. The van der Waals surface area contributed by atoms with Crippen molar-refractivity contribution in [3.05, 3.63) is 23.8 Å². The maximum atomic E-state index is 12.3. The summed E-state index contributed by atoms with van der Waals surface area (Å²) in [4.78, 5) is 0.358. The fraction of sp³-hybridized carbons (Fsp3) is 0.571. The summed E-state index contributed by atoms with van der Waals surface area (Å²) < 4.78 is 29.3. The van der Waals surface area contributed by atoms with Crippen molar-refractivity contribution in [1.82, 2.24) is 0 Å². The van der Waals surface area contributed by atoms with Gasteiger partial charge in [0.1, 0.15) is 5.75 Å². The molecule has 0 aliphatic heterocycles. The second-order valence-electron chi connectivity index (χ2n) is 5.39. The molecule has 0 saturated heterocycles. The molecule has 1 rings (SSSR count). The average molecular weight is 270 g/mol. The molecule has 0 aromatic heterocycles. The molecule has 4 heteroatoms. The van der Waals surface area contributed by atoms with Gasteiger partial charge in [-0.1, -0.05) is 6.92 Å². The lowest BCUT2D eigenvalue weighted by atomic mass is 10.2. The zero-order chi connectivity index (χ0) is 14.0. The first-order chi connectivity index (χ1) is 8.20. The molecule has 1 aromatic carbocycles. The molecule has 0 atom stereocenters. The van der Waals surface area contributed by atoms with Gasteiger partial charge in [0, 0.05) is 0 Å². The van der Waals surface area contributed by atoms with E-state index in [4.69, 9.17) is 4.74 Å². The third-order valence-electron chi connectivity index (χ3n) is 2.72. The fourth-order valence-corrected chi connectivity index (χ4v) is 2.80. The first-order valence-electron chi connectivity index (χ1n) is 6.18. The molecule has 0 heterocycles. The monoisotopic (exact) mass is 270 g/mol. The van der Waals surface area contributed by atoms with E-state index in [0.717, 1.165) is 17.7 Å². The van der Waals surface area contributed by atoms with Crippen LogP contribution in [0, 0.1) is 6.92 Å². The highest BCUT2D eigenvalue weighted by molar-refractivity contribution is 7.92. The zero-order valence-corrected chi connectivity index (χ0v) is 12.6. The predicted octanol–water partition coefficient (Wildman–Crippen LogP) is 3.36. The lowest BCUT2D eigenvalue weighted by Gasteiger charge is -2.20. The highest BCUT2D eigenvalue weighted by Gasteiger charge is 2.31. The van der Waals surface area contributed by atoms with Crippen LogP contribution in [0.3, 0.4) is 0 Å². The van der Waals surface area contributed by atoms with Gasteiger partial charge in [0.15, 0.2) is 9.84 Å². The Kier molecular flexibility index (Phi) is 4.43. The topological polar surface area (TPSA) is 43.4 Å². The minimum atomic E-state index is -3.29. The van der Waals surface area contributed by atoms with Gasteiger partial charge in [-0.05, 0) is 57.9 Å². The van der Waals surface area contributed by atoms with Gasteiger partial charge in [-0.3, -0.25) is 0 Å². The molecule has 0 saturated carbocycles. The molecule has 1 aromatic rings. The molecule has 0 unspecified atom stereocenters. The van der Waals surface area contributed by atoms with Crippen LogP contribution < -0.4 is 4.74 Å². The number of hydrogen-bond donors (Lipinski definition) is 0. The Bertz CT molecular complexity index is 510. The first-order valence-corrected chi connectivity index (χ1v) is 7.66. The van der Waals surface area contributed by atoms with E-state index < -0.39 is 14.6 Å². The van der Waals surface area contributed by atoms with E-state index in [9.17, 15) is 8.42 Å². The van der Waals surface area contributed by atoms with Gasteiger partial charge >= 0.3 is 0 Å². The molecule has 0 fully saturated rings. The summed E-state index contributed by atoms with van der Waals surface area (Å²) in [7, 11) is -3.29. The molecule has 0 bridgehead atoms. The minimum Gasteiger partial charge on any atom is -0.493 e. The summed E-state index contributed by atoms with van der Waals surface area (Å²) in [6.45, 7) is 9.67. The molecular weight excluding hydrogens is 248 g/mol. The summed E-state index contributed by atoms with van der Waals surface area (Å²) >= 11 is 0. The molecular formula is C14H22O3S. The van der Waals surface area contributed by atoms with Crippen LogP contribution in [-0.4, -0.2) is 19.8 Å². The summed E-state index contributed by atoms with van der Waals surface area (Å²) in [6.07, 6.45) is 0.932. The number of hydrogen-bond acceptors (Lipinski definition) is 3. The van der Waals surface area contributed by atoms with Crippen LogP contribution in [0.4, 0.5) is 0 Å². The number of benzene rings is 1. The average Bonchev–Trinajstić information content (AvgIpc) is 2.25. The van der Waals surface area contributed by atoms with Crippen molar-refractivity contribution in [2.24, 2.45) is 0 Å². The molecule has 0 spiro atoms. The van der Waals surface area contributed by atoms with E-state index >= 15 is 0 Å². The Balaban J connectivity index is 3.13. The zero-order valence-electron chi connectivity index (χ0n) is 11.8. The van der Waals surface area contributed by atoms with Crippen molar-refractivity contribution in [2.45, 2.75) is 50.7 Å². The predicted molar refractivity (Wildman–Crippen MR) is 73.9 cm³/mol. The maximum absolute atomic E-state index is 12.3. The summed E-state index contributed by atoms with van der Waals surface area (Å²) in [6, 6.07) is 5.05. The van der Waals surface area contributed by atoms with E-state index in [1.807, 2.05) is 13.8 Å². The van der Waals surface area contributed by atoms with Crippen LogP contribution in [0.1, 0.15) is 39.7 Å². The van der Waals surface area contributed by atoms with Crippen molar-refractivity contribution in [1.29, 1.82) is 0 Å². The van der Waals surface area contributed by atoms with Crippen LogP contribution in [0.2, 0.25) is 0 Å². The lowest BCUT2D eigenvalue weighted by Crippen LogP contribution is -2.27. The Hall–Kier alpha value is -1.03. The highest BCUT2D eigenvalue weighted by Crippen LogP contribution is 2.28. The van der Waals surface area contributed by atoms with E-state index in [2.05, 4.69) is 0 Å². The number of aryl methyl sites for hydroxylation is 1. The number of ether oxygens (including phenoxy) is 1. The molecule has 3 nitrogen and oxygen atoms in total. The fourth-order valence-electron chi connectivity index (χ4n) is 1.52. The molecule has 0 N–H and O–H groups in total. The van der Waals surface area contributed by atoms with Crippen LogP contribution in [0.25, 0.3) is 0 Å². The molecule has 0 radical (unpaired) electrons. The van der Waals surface area contributed by atoms with E-state index in [0.29, 0.717) is 11.5 Å². The van der Waals surface area contributed by atoms with Crippen molar-refractivity contribution in [3.63, 3.8) is 0 Å². The van der Waals surface area contributed by atoms with Gasteiger partial charge in [0.2, 0.25) is 0 Å². The third kappa shape index (κ3) is 3.05. The number of sulfone groups is 1. The van der Waals surface area contributed by atoms with E-state index in [1.165, 1.54) is 0 Å². The maximum Gasteiger partial charge on any atom is 0.183 e. The summed E-state index contributed by atoms with van der Waals surface area (Å²) in [5.41, 5.74) is 0.855. The first kappa shape index (κ1) is 15.0. The summed E-state index contributed by atoms with van der Waals surface area (Å²) in [5, 5.41) is 0. The van der Waals surface area contributed by atoms with Gasteiger partial charge in [-0.25, -0.2) is 8.42 Å². The Labute approximate surface area is 110 Å². The van der Waals surface area contributed by atoms with Crippen molar-refractivity contribution >= 4 is 9.84 Å². The van der Waals surface area contributed by atoms with Crippen LogP contribution in [-0.2, 0) is 9.84 Å². The molecule has 0 aliphatic rings. The molecule has 0 amide bonds. The Morgan fingerprint density at radius 3 is 2.28 bits per heavy atom. The molecule has 102 valence electrons. The minimum absolute atomic E-state index is 0.358. The normalized spacial score (nSPS) is 12.5. The van der Waals surface area contributed by atoms with Gasteiger partial charge in [0.25, 0.3) is 0 Å². The number of rotatable bonds is 4. The second-order valence-corrected chi connectivity index (χ2v) is 8.09. The van der Waals surface area contributed by atoms with Gasteiger partial charge in [0.05, 0.1) is 16.2 Å². The molecule has 0 aliphatic carbocycles. The van der Waals surface area contributed by atoms with Crippen molar-refractivity contribution in [3.8, 4) is 5.75 Å². The van der Waals surface area contributed by atoms with Gasteiger partial charge in [-0.2, -0.15) is 0 Å². The standard InChI is InChI=1S/C14H22O3S/c1-6-9-17-13-8-7-12(10-11(13)2)18(15,16)14(3,4)5/h7-8,10H,6,9H2,1-5H3. The van der Waals surface area contributed by atoms with Crippen LogP contribution >= 0.6 is 0 Å². The highest BCUT2D eigenvalue weighted by atomic mass is 32.2. The molecule has 18 heavy (non-hydrogen) atoms.